The zero-order valence-corrected chi connectivity index (χ0v) is 9.52. The Morgan fingerprint density at radius 2 is 1.75 bits per heavy atom. The molecule has 0 heterocycles. The Morgan fingerprint density at radius 1 is 1.25 bits per heavy atom. The van der Waals surface area contributed by atoms with Gasteiger partial charge < -0.3 is 0 Å². The van der Waals surface area contributed by atoms with E-state index in [2.05, 4.69) is 39.0 Å². The summed E-state index contributed by atoms with van der Waals surface area (Å²) in [6.45, 7) is 12.7. The average molecular weight is 168 g/mol. The minimum absolute atomic E-state index is 0.696. The van der Waals surface area contributed by atoms with E-state index < -0.39 is 0 Å². The summed E-state index contributed by atoms with van der Waals surface area (Å²) in [5, 5.41) is 0. The van der Waals surface area contributed by atoms with E-state index >= 15 is 0 Å². The molecule has 0 nitrogen and oxygen atoms in total. The van der Waals surface area contributed by atoms with Gasteiger partial charge in [0.1, 0.15) is 0 Å². The average Bonchev–Trinajstić information content (AvgIpc) is 2.09. The SMILES string of the molecule is C/C=C\C=C(/CC)C(C)C.CC. The van der Waals surface area contributed by atoms with Gasteiger partial charge in [-0.25, -0.2) is 0 Å². The first-order valence-corrected chi connectivity index (χ1v) is 5.04. The van der Waals surface area contributed by atoms with Crippen LogP contribution >= 0.6 is 0 Å². The van der Waals surface area contributed by atoms with Gasteiger partial charge in [0.05, 0.1) is 0 Å². The lowest BCUT2D eigenvalue weighted by atomic mass is 10.0. The van der Waals surface area contributed by atoms with Gasteiger partial charge in [-0.15, -0.1) is 0 Å². The highest BCUT2D eigenvalue weighted by Crippen LogP contribution is 2.12. The van der Waals surface area contributed by atoms with Crippen LogP contribution in [0.2, 0.25) is 0 Å². The first-order chi connectivity index (χ1) is 5.72. The van der Waals surface area contributed by atoms with E-state index in [-0.39, 0.29) is 0 Å². The second-order valence-corrected chi connectivity index (χ2v) is 2.78. The summed E-state index contributed by atoms with van der Waals surface area (Å²) < 4.78 is 0. The zero-order chi connectivity index (χ0) is 9.98. The van der Waals surface area contributed by atoms with E-state index in [1.807, 2.05) is 20.8 Å². The number of hydrogen-bond acceptors (Lipinski definition) is 0. The van der Waals surface area contributed by atoms with Crippen molar-refractivity contribution in [2.24, 2.45) is 5.92 Å². The van der Waals surface area contributed by atoms with Crippen molar-refractivity contribution in [3.63, 3.8) is 0 Å². The van der Waals surface area contributed by atoms with Crippen LogP contribution in [0.1, 0.15) is 48.0 Å². The van der Waals surface area contributed by atoms with Gasteiger partial charge in [0.2, 0.25) is 0 Å². The second-order valence-electron chi connectivity index (χ2n) is 2.78. The molecule has 0 heteroatoms. The molecule has 0 radical (unpaired) electrons. The van der Waals surface area contributed by atoms with Gasteiger partial charge in [-0.2, -0.15) is 0 Å². The van der Waals surface area contributed by atoms with Gasteiger partial charge >= 0.3 is 0 Å². The van der Waals surface area contributed by atoms with E-state index in [4.69, 9.17) is 0 Å². The number of hydrogen-bond donors (Lipinski definition) is 0. The summed E-state index contributed by atoms with van der Waals surface area (Å²) in [4.78, 5) is 0. The topological polar surface area (TPSA) is 0 Å². The van der Waals surface area contributed by atoms with Crippen LogP contribution in [0.25, 0.3) is 0 Å². The Morgan fingerprint density at radius 3 is 2.00 bits per heavy atom. The maximum absolute atomic E-state index is 2.23. The smallest absolute Gasteiger partial charge is 0.0257 e. The van der Waals surface area contributed by atoms with Crippen molar-refractivity contribution in [3.8, 4) is 0 Å². The minimum Gasteiger partial charge on any atom is -0.0877 e. The molecule has 0 unspecified atom stereocenters. The van der Waals surface area contributed by atoms with Gasteiger partial charge in [-0.05, 0) is 19.3 Å². The summed E-state index contributed by atoms with van der Waals surface area (Å²) in [6, 6.07) is 0. The Bertz CT molecular complexity index is 127. The van der Waals surface area contributed by atoms with E-state index in [9.17, 15) is 0 Å². The lowest BCUT2D eigenvalue weighted by Crippen LogP contribution is -1.90. The molecule has 0 bridgehead atoms. The first-order valence-electron chi connectivity index (χ1n) is 5.04. The number of rotatable bonds is 3. The molecule has 0 aliphatic rings. The predicted octanol–water partition coefficient (Wildman–Crippen LogP) is 4.58. The predicted molar refractivity (Wildman–Crippen MR) is 59.4 cm³/mol. The van der Waals surface area contributed by atoms with Crippen LogP contribution in [0, 0.1) is 5.92 Å². The van der Waals surface area contributed by atoms with E-state index in [0.29, 0.717) is 5.92 Å². The Labute approximate surface area is 78.4 Å². The fourth-order valence-electron chi connectivity index (χ4n) is 0.938. The molecule has 0 aliphatic carbocycles. The highest BCUT2D eigenvalue weighted by Gasteiger charge is 1.96. The molecule has 0 aliphatic heterocycles. The third kappa shape index (κ3) is 7.59. The Balaban J connectivity index is 0. The van der Waals surface area contributed by atoms with Crippen LogP contribution in [0.15, 0.2) is 23.8 Å². The molecule has 0 aromatic heterocycles. The summed E-state index contributed by atoms with van der Waals surface area (Å²) >= 11 is 0. The summed E-state index contributed by atoms with van der Waals surface area (Å²) in [6.07, 6.45) is 7.56. The molecule has 0 rings (SSSR count). The fraction of sp³-hybridized carbons (Fsp3) is 0.667. The van der Waals surface area contributed by atoms with Gasteiger partial charge in [0, 0.05) is 0 Å². The molecule has 72 valence electrons. The lowest BCUT2D eigenvalue weighted by Gasteiger charge is -2.06. The normalized spacial score (nSPS) is 11.8. The van der Waals surface area contributed by atoms with E-state index in [1.54, 1.807) is 0 Å². The Kier molecular flexibility index (Phi) is 12.3. The van der Waals surface area contributed by atoms with Gasteiger partial charge in [0.15, 0.2) is 0 Å². The molecular formula is C12H24. The fourth-order valence-corrected chi connectivity index (χ4v) is 0.938. The van der Waals surface area contributed by atoms with Crippen molar-refractivity contribution in [2.75, 3.05) is 0 Å². The van der Waals surface area contributed by atoms with Crippen molar-refractivity contribution in [3.05, 3.63) is 23.8 Å². The van der Waals surface area contributed by atoms with Crippen LogP contribution in [-0.2, 0) is 0 Å². The standard InChI is InChI=1S/C10H18.C2H6/c1-5-7-8-10(6-2)9(3)4;1-2/h5,7-9H,6H2,1-4H3;1-2H3/b7-5-,10-8+;. The lowest BCUT2D eigenvalue weighted by molar-refractivity contribution is 0.732. The van der Waals surface area contributed by atoms with Gasteiger partial charge in [-0.1, -0.05) is 58.4 Å². The molecule has 0 aromatic carbocycles. The van der Waals surface area contributed by atoms with Crippen molar-refractivity contribution in [2.45, 2.75) is 48.0 Å². The maximum Gasteiger partial charge on any atom is -0.0257 e. The molecule has 0 N–H and O–H groups in total. The van der Waals surface area contributed by atoms with Crippen LogP contribution < -0.4 is 0 Å². The summed E-state index contributed by atoms with van der Waals surface area (Å²) in [5.74, 6) is 0.696. The van der Waals surface area contributed by atoms with Crippen molar-refractivity contribution in [1.29, 1.82) is 0 Å². The Hall–Kier alpha value is -0.520. The van der Waals surface area contributed by atoms with Crippen LogP contribution in [0.5, 0.6) is 0 Å². The van der Waals surface area contributed by atoms with Crippen LogP contribution in [0.3, 0.4) is 0 Å². The first kappa shape index (κ1) is 14.0. The van der Waals surface area contributed by atoms with Gasteiger partial charge in [0.25, 0.3) is 0 Å². The molecule has 0 saturated carbocycles. The zero-order valence-electron chi connectivity index (χ0n) is 9.52. The van der Waals surface area contributed by atoms with Gasteiger partial charge in [-0.3, -0.25) is 0 Å². The van der Waals surface area contributed by atoms with Crippen LogP contribution in [0.4, 0.5) is 0 Å². The molecule has 0 amide bonds. The molecule has 0 aromatic rings. The number of allylic oxidation sites excluding steroid dienone is 4. The van der Waals surface area contributed by atoms with Crippen molar-refractivity contribution in [1.82, 2.24) is 0 Å². The molecule has 0 spiro atoms. The molecule has 0 saturated heterocycles. The van der Waals surface area contributed by atoms with Crippen molar-refractivity contribution >= 4 is 0 Å². The minimum atomic E-state index is 0.696. The van der Waals surface area contributed by atoms with E-state index in [1.165, 1.54) is 12.0 Å². The highest BCUT2D eigenvalue weighted by molar-refractivity contribution is 5.13. The largest absolute Gasteiger partial charge is 0.0877 e. The molecule has 0 atom stereocenters. The van der Waals surface area contributed by atoms with E-state index in [0.717, 1.165) is 0 Å². The summed E-state index contributed by atoms with van der Waals surface area (Å²) in [7, 11) is 0. The van der Waals surface area contributed by atoms with Crippen LogP contribution in [-0.4, -0.2) is 0 Å². The third-order valence-electron chi connectivity index (χ3n) is 1.65. The quantitative estimate of drug-likeness (QED) is 0.541. The monoisotopic (exact) mass is 168 g/mol. The maximum atomic E-state index is 2.23. The third-order valence-corrected chi connectivity index (χ3v) is 1.65. The van der Waals surface area contributed by atoms with Crippen molar-refractivity contribution < 1.29 is 0 Å². The second kappa shape index (κ2) is 10.5. The highest BCUT2D eigenvalue weighted by atomic mass is 14.0. The summed E-state index contributed by atoms with van der Waals surface area (Å²) in [5.41, 5.74) is 1.53. The molecule has 0 fully saturated rings. The molecule has 12 heavy (non-hydrogen) atoms. The molecular weight excluding hydrogens is 144 g/mol.